The molecule has 6 heteroatoms. The van der Waals surface area contributed by atoms with Gasteiger partial charge in [-0.15, -0.1) is 0 Å². The Balaban J connectivity index is 2.05. The monoisotopic (exact) mass is 234 g/mol. The van der Waals surface area contributed by atoms with Gasteiger partial charge >= 0.3 is 0 Å². The van der Waals surface area contributed by atoms with Crippen molar-refractivity contribution in [3.63, 3.8) is 0 Å². The molecule has 0 radical (unpaired) electrons. The minimum Gasteiger partial charge on any atom is -0.387 e. The van der Waals surface area contributed by atoms with Crippen molar-refractivity contribution in [2.24, 2.45) is 0 Å². The first kappa shape index (κ1) is 12.2. The molecule has 2 N–H and O–H groups in total. The van der Waals surface area contributed by atoms with Crippen LogP contribution in [0.3, 0.4) is 0 Å². The molecule has 94 valence electrons. The summed E-state index contributed by atoms with van der Waals surface area (Å²) in [4.78, 5) is 0. The van der Waals surface area contributed by atoms with E-state index in [1.54, 1.807) is 0 Å². The maximum absolute atomic E-state index is 9.90. The van der Waals surface area contributed by atoms with Gasteiger partial charge in [-0.2, -0.15) is 0 Å². The highest BCUT2D eigenvalue weighted by Gasteiger charge is 2.48. The summed E-state index contributed by atoms with van der Waals surface area (Å²) >= 11 is 0. The summed E-state index contributed by atoms with van der Waals surface area (Å²) in [5.41, 5.74) is 0. The van der Waals surface area contributed by atoms with Crippen LogP contribution in [-0.4, -0.2) is 60.9 Å². The summed E-state index contributed by atoms with van der Waals surface area (Å²) in [6.45, 7) is 2.27. The van der Waals surface area contributed by atoms with Crippen molar-refractivity contribution in [3.05, 3.63) is 0 Å². The van der Waals surface area contributed by atoms with E-state index in [4.69, 9.17) is 18.9 Å². The number of aliphatic hydroxyl groups is 2. The van der Waals surface area contributed by atoms with Gasteiger partial charge in [0.15, 0.2) is 12.6 Å². The van der Waals surface area contributed by atoms with Crippen molar-refractivity contribution in [1.82, 2.24) is 0 Å². The van der Waals surface area contributed by atoms with Gasteiger partial charge < -0.3 is 29.2 Å². The van der Waals surface area contributed by atoms with Crippen molar-refractivity contribution < 1.29 is 29.2 Å². The van der Waals surface area contributed by atoms with Gasteiger partial charge in [-0.3, -0.25) is 0 Å². The van der Waals surface area contributed by atoms with Crippen LogP contribution in [0.25, 0.3) is 0 Å². The second-order valence-corrected chi connectivity index (χ2v) is 4.03. The van der Waals surface area contributed by atoms with Crippen LogP contribution >= 0.6 is 0 Å². The van der Waals surface area contributed by atoms with E-state index >= 15 is 0 Å². The molecule has 2 saturated heterocycles. The van der Waals surface area contributed by atoms with Gasteiger partial charge in [0, 0.05) is 7.11 Å². The third kappa shape index (κ3) is 2.09. The molecule has 0 amide bonds. The molecule has 16 heavy (non-hydrogen) atoms. The lowest BCUT2D eigenvalue weighted by molar-refractivity contribution is -0.355. The molecule has 0 aromatic rings. The lowest BCUT2D eigenvalue weighted by atomic mass is 9.98. The number of fused-ring (bicyclic) bond motifs is 1. The van der Waals surface area contributed by atoms with Gasteiger partial charge in [-0.05, 0) is 6.42 Å². The SMILES string of the molecule is CCC1OCC2O[C@@H](OC)C(O)[C@@H](O)[C@@H]2O1. The number of methoxy groups -OCH3 is 1. The van der Waals surface area contributed by atoms with Gasteiger partial charge in [-0.1, -0.05) is 6.92 Å². The molecule has 0 aromatic heterocycles. The van der Waals surface area contributed by atoms with Crippen LogP contribution in [-0.2, 0) is 18.9 Å². The van der Waals surface area contributed by atoms with Crippen LogP contribution in [0.1, 0.15) is 13.3 Å². The highest BCUT2D eigenvalue weighted by molar-refractivity contribution is 4.92. The summed E-state index contributed by atoms with van der Waals surface area (Å²) < 4.78 is 21.2. The standard InChI is InChI=1S/C10H18O6/c1-3-6-14-4-5-9(16-6)7(11)8(12)10(13-2)15-5/h5-12H,3-4H2,1-2H3/t5?,6?,7-,8?,9-,10-/m1/s1. The van der Waals surface area contributed by atoms with Gasteiger partial charge in [0.05, 0.1) is 6.61 Å². The maximum atomic E-state index is 9.90. The Labute approximate surface area is 94.1 Å². The summed E-state index contributed by atoms with van der Waals surface area (Å²) in [6, 6.07) is 0. The molecule has 2 fully saturated rings. The zero-order valence-electron chi connectivity index (χ0n) is 9.41. The van der Waals surface area contributed by atoms with E-state index in [0.29, 0.717) is 13.0 Å². The first-order valence-corrected chi connectivity index (χ1v) is 5.48. The number of hydrogen-bond donors (Lipinski definition) is 2. The largest absolute Gasteiger partial charge is 0.387 e. The molecular weight excluding hydrogens is 216 g/mol. The summed E-state index contributed by atoms with van der Waals surface area (Å²) in [7, 11) is 1.42. The van der Waals surface area contributed by atoms with E-state index in [1.165, 1.54) is 7.11 Å². The molecule has 2 aliphatic heterocycles. The molecular formula is C10H18O6. The van der Waals surface area contributed by atoms with Gasteiger partial charge in [-0.25, -0.2) is 0 Å². The van der Waals surface area contributed by atoms with Crippen LogP contribution in [0.2, 0.25) is 0 Å². The fourth-order valence-corrected chi connectivity index (χ4v) is 2.03. The highest BCUT2D eigenvalue weighted by atomic mass is 16.7. The number of rotatable bonds is 2. The Morgan fingerprint density at radius 3 is 2.62 bits per heavy atom. The number of ether oxygens (including phenoxy) is 4. The van der Waals surface area contributed by atoms with Crippen LogP contribution in [0.4, 0.5) is 0 Å². The third-order valence-electron chi connectivity index (χ3n) is 2.96. The molecule has 6 nitrogen and oxygen atoms in total. The molecule has 0 aromatic carbocycles. The van der Waals surface area contributed by atoms with E-state index in [-0.39, 0.29) is 6.29 Å². The molecule has 2 heterocycles. The summed E-state index contributed by atoms with van der Waals surface area (Å²) in [5, 5.41) is 19.6. The van der Waals surface area contributed by atoms with E-state index in [1.807, 2.05) is 6.92 Å². The van der Waals surface area contributed by atoms with Crippen molar-refractivity contribution in [2.75, 3.05) is 13.7 Å². The number of hydrogen-bond acceptors (Lipinski definition) is 6. The molecule has 0 spiro atoms. The zero-order chi connectivity index (χ0) is 11.7. The smallest absolute Gasteiger partial charge is 0.186 e. The van der Waals surface area contributed by atoms with Crippen LogP contribution < -0.4 is 0 Å². The Hall–Kier alpha value is -0.240. The maximum Gasteiger partial charge on any atom is 0.186 e. The highest BCUT2D eigenvalue weighted by Crippen LogP contribution is 2.29. The predicted octanol–water partition coefficient (Wildman–Crippen LogP) is -0.769. The fourth-order valence-electron chi connectivity index (χ4n) is 2.03. The van der Waals surface area contributed by atoms with Crippen molar-refractivity contribution in [3.8, 4) is 0 Å². The molecule has 2 rings (SSSR count). The second kappa shape index (κ2) is 4.95. The average molecular weight is 234 g/mol. The Morgan fingerprint density at radius 1 is 1.25 bits per heavy atom. The van der Waals surface area contributed by atoms with Crippen LogP contribution in [0.5, 0.6) is 0 Å². The molecule has 6 atom stereocenters. The minimum absolute atomic E-state index is 0.340. The normalized spacial score (nSPS) is 48.8. The van der Waals surface area contributed by atoms with Crippen LogP contribution in [0, 0.1) is 0 Å². The minimum atomic E-state index is -1.10. The first-order valence-electron chi connectivity index (χ1n) is 5.48. The fraction of sp³-hybridized carbons (Fsp3) is 1.00. The van der Waals surface area contributed by atoms with E-state index in [0.717, 1.165) is 0 Å². The van der Waals surface area contributed by atoms with Crippen molar-refractivity contribution in [1.29, 1.82) is 0 Å². The number of aliphatic hydroxyl groups excluding tert-OH is 2. The van der Waals surface area contributed by atoms with Gasteiger partial charge in [0.2, 0.25) is 0 Å². The lowest BCUT2D eigenvalue weighted by Gasteiger charge is -2.45. The molecule has 3 unspecified atom stereocenters. The molecule has 0 saturated carbocycles. The van der Waals surface area contributed by atoms with Gasteiger partial charge in [0.25, 0.3) is 0 Å². The Morgan fingerprint density at radius 2 is 2.00 bits per heavy atom. The average Bonchev–Trinajstić information content (AvgIpc) is 2.33. The van der Waals surface area contributed by atoms with E-state index in [9.17, 15) is 10.2 Å². The van der Waals surface area contributed by atoms with E-state index in [2.05, 4.69) is 0 Å². The van der Waals surface area contributed by atoms with Crippen molar-refractivity contribution >= 4 is 0 Å². The zero-order valence-corrected chi connectivity index (χ0v) is 9.41. The van der Waals surface area contributed by atoms with Gasteiger partial charge in [0.1, 0.15) is 24.4 Å². The van der Waals surface area contributed by atoms with Crippen molar-refractivity contribution in [2.45, 2.75) is 50.3 Å². The molecule has 2 aliphatic rings. The Bertz CT molecular complexity index is 233. The topological polar surface area (TPSA) is 77.4 Å². The van der Waals surface area contributed by atoms with Crippen LogP contribution in [0.15, 0.2) is 0 Å². The quantitative estimate of drug-likeness (QED) is 0.653. The predicted molar refractivity (Wildman–Crippen MR) is 52.6 cm³/mol. The summed E-state index contributed by atoms with van der Waals surface area (Å²) in [6.07, 6.45) is -3.54. The van der Waals surface area contributed by atoms with E-state index < -0.39 is 30.7 Å². The molecule has 0 bridgehead atoms. The first-order chi connectivity index (χ1) is 7.67. The third-order valence-corrected chi connectivity index (χ3v) is 2.96. The second-order valence-electron chi connectivity index (χ2n) is 4.03. The lowest BCUT2D eigenvalue weighted by Crippen LogP contribution is -2.63. The molecule has 0 aliphatic carbocycles. The summed E-state index contributed by atoms with van der Waals surface area (Å²) in [5.74, 6) is 0. The Kier molecular flexibility index (Phi) is 3.78.